The number of hydrogen-bond acceptors (Lipinski definition) is 8. The van der Waals surface area contributed by atoms with Crippen molar-refractivity contribution in [1.29, 1.82) is 0 Å². The second kappa shape index (κ2) is 8.74. The average molecular weight is 412 g/mol. The maximum atomic E-state index is 11.6. The first-order valence-corrected chi connectivity index (χ1v) is 9.82. The van der Waals surface area contributed by atoms with Crippen LogP contribution < -0.4 is 10.2 Å². The Morgan fingerprint density at radius 1 is 1.21 bits per heavy atom. The Labute approximate surface area is 171 Å². The molecule has 0 unspecified atom stereocenters. The number of anilines is 2. The van der Waals surface area contributed by atoms with E-state index in [0.717, 1.165) is 30.3 Å². The molecule has 3 rings (SSSR count). The number of hydrogen-bond donors (Lipinski definition) is 1. The zero-order valence-corrected chi connectivity index (χ0v) is 17.1. The van der Waals surface area contributed by atoms with Crippen molar-refractivity contribution in [3.8, 4) is 0 Å². The number of aromatic nitrogens is 1. The number of azo groups is 1. The van der Waals surface area contributed by atoms with Crippen LogP contribution in [-0.4, -0.2) is 28.3 Å². The Morgan fingerprint density at radius 3 is 2.62 bits per heavy atom. The van der Waals surface area contributed by atoms with Crippen LogP contribution in [0.5, 0.6) is 0 Å². The van der Waals surface area contributed by atoms with Gasteiger partial charge in [-0.2, -0.15) is 4.37 Å². The van der Waals surface area contributed by atoms with Crippen LogP contribution in [0.25, 0.3) is 10.9 Å². The summed E-state index contributed by atoms with van der Waals surface area (Å²) in [6.45, 7) is 7.22. The Hall–Kier alpha value is -3.40. The van der Waals surface area contributed by atoms with Gasteiger partial charge in [-0.05, 0) is 49.6 Å². The first kappa shape index (κ1) is 20.3. The quantitative estimate of drug-likeness (QED) is 0.316. The fourth-order valence-corrected chi connectivity index (χ4v) is 3.57. The third-order valence-corrected chi connectivity index (χ3v) is 5.08. The van der Waals surface area contributed by atoms with Gasteiger partial charge in [-0.1, -0.05) is 0 Å². The summed E-state index contributed by atoms with van der Waals surface area (Å²) in [5.74, 6) is -0.211. The maximum absolute atomic E-state index is 11.6. The molecular weight excluding hydrogens is 392 g/mol. The monoisotopic (exact) mass is 412 g/mol. The van der Waals surface area contributed by atoms with Gasteiger partial charge in [0.25, 0.3) is 5.69 Å². The van der Waals surface area contributed by atoms with E-state index >= 15 is 0 Å². The number of non-ortho nitro benzene ring substituents is 1. The standard InChI is InChI=1S/C19H20N6O3S/c1-4-24(5-2)13-6-9-17(18(11-13)20-12(3)26)21-22-19-15-10-14(25(27)28)7-8-16(15)23-29-19/h6-11H,4-5H2,1-3H3,(H,20,26)/b22-21+. The van der Waals surface area contributed by atoms with Crippen molar-refractivity contribution in [2.24, 2.45) is 10.2 Å². The molecule has 0 spiro atoms. The maximum Gasteiger partial charge on any atom is 0.270 e. The molecule has 29 heavy (non-hydrogen) atoms. The van der Waals surface area contributed by atoms with Crippen molar-refractivity contribution in [3.05, 3.63) is 46.5 Å². The van der Waals surface area contributed by atoms with Crippen LogP contribution in [0.2, 0.25) is 0 Å². The van der Waals surface area contributed by atoms with Gasteiger partial charge in [-0.15, -0.1) is 10.2 Å². The Balaban J connectivity index is 1.99. The third kappa shape index (κ3) is 4.54. The lowest BCUT2D eigenvalue weighted by atomic mass is 10.2. The fraction of sp³-hybridized carbons (Fsp3) is 0.263. The molecule has 0 saturated carbocycles. The van der Waals surface area contributed by atoms with Gasteiger partial charge in [0, 0.05) is 43.2 Å². The number of nitrogens with one attached hydrogen (secondary N) is 1. The molecule has 2 aromatic carbocycles. The summed E-state index contributed by atoms with van der Waals surface area (Å²) < 4.78 is 4.25. The number of carbonyl (C=O) groups is 1. The van der Waals surface area contributed by atoms with E-state index in [-0.39, 0.29) is 11.6 Å². The van der Waals surface area contributed by atoms with Crippen LogP contribution in [-0.2, 0) is 4.79 Å². The summed E-state index contributed by atoms with van der Waals surface area (Å²) in [4.78, 5) is 24.4. The van der Waals surface area contributed by atoms with Crippen molar-refractivity contribution in [3.63, 3.8) is 0 Å². The van der Waals surface area contributed by atoms with Gasteiger partial charge in [0.1, 0.15) is 5.69 Å². The number of fused-ring (bicyclic) bond motifs is 1. The summed E-state index contributed by atoms with van der Waals surface area (Å²) in [5, 5.41) is 23.4. The minimum Gasteiger partial charge on any atom is -0.372 e. The van der Waals surface area contributed by atoms with Crippen molar-refractivity contribution in [1.82, 2.24) is 4.37 Å². The van der Waals surface area contributed by atoms with Gasteiger partial charge in [0.05, 0.1) is 16.1 Å². The highest BCUT2D eigenvalue weighted by Gasteiger charge is 2.13. The molecule has 1 N–H and O–H groups in total. The van der Waals surface area contributed by atoms with Gasteiger partial charge in [-0.3, -0.25) is 14.9 Å². The second-order valence-corrected chi connectivity index (χ2v) is 6.95. The third-order valence-electron chi connectivity index (χ3n) is 4.32. The minimum absolute atomic E-state index is 0.0309. The fourth-order valence-electron chi connectivity index (χ4n) is 2.89. The van der Waals surface area contributed by atoms with Crippen LogP contribution in [0.15, 0.2) is 46.6 Å². The highest BCUT2D eigenvalue weighted by Crippen LogP contribution is 2.36. The molecule has 10 heteroatoms. The van der Waals surface area contributed by atoms with Crippen molar-refractivity contribution in [2.45, 2.75) is 20.8 Å². The van der Waals surface area contributed by atoms with Crippen molar-refractivity contribution in [2.75, 3.05) is 23.3 Å². The average Bonchev–Trinajstić information content (AvgIpc) is 3.10. The number of benzene rings is 2. The molecule has 1 aromatic heterocycles. The normalized spacial score (nSPS) is 11.1. The summed E-state index contributed by atoms with van der Waals surface area (Å²) >= 11 is 1.11. The molecule has 3 aromatic rings. The van der Waals surface area contributed by atoms with Crippen molar-refractivity contribution >= 4 is 56.1 Å². The van der Waals surface area contributed by atoms with Crippen LogP contribution in [0.1, 0.15) is 20.8 Å². The molecule has 0 radical (unpaired) electrons. The van der Waals surface area contributed by atoms with Crippen LogP contribution in [0.3, 0.4) is 0 Å². The van der Waals surface area contributed by atoms with Crippen molar-refractivity contribution < 1.29 is 9.72 Å². The summed E-state index contributed by atoms with van der Waals surface area (Å²) in [7, 11) is 0. The first-order valence-electron chi connectivity index (χ1n) is 9.05. The summed E-state index contributed by atoms with van der Waals surface area (Å²) in [6.07, 6.45) is 0. The number of rotatable bonds is 7. The second-order valence-electron chi connectivity index (χ2n) is 6.20. The van der Waals surface area contributed by atoms with E-state index in [2.05, 4.69) is 38.7 Å². The number of nitro benzene ring substituents is 1. The van der Waals surface area contributed by atoms with E-state index in [1.54, 1.807) is 12.1 Å². The molecule has 150 valence electrons. The molecule has 0 aliphatic carbocycles. The SMILES string of the molecule is CCN(CC)c1ccc(/N=N/c2snc3ccc([N+](=O)[O-])cc23)c(NC(C)=O)c1. The van der Waals surface area contributed by atoms with Gasteiger partial charge < -0.3 is 10.2 Å². The van der Waals surface area contributed by atoms with Crippen LogP contribution in [0, 0.1) is 10.1 Å². The van der Waals surface area contributed by atoms with Gasteiger partial charge in [-0.25, -0.2) is 0 Å². The highest BCUT2D eigenvalue weighted by atomic mass is 32.1. The number of amides is 1. The molecule has 0 aliphatic heterocycles. The number of nitrogens with zero attached hydrogens (tertiary/aromatic N) is 5. The predicted octanol–water partition coefficient (Wildman–Crippen LogP) is 5.42. The Kier molecular flexibility index (Phi) is 6.13. The van der Waals surface area contributed by atoms with E-state index in [1.165, 1.54) is 19.1 Å². The van der Waals surface area contributed by atoms with E-state index in [4.69, 9.17) is 0 Å². The lowest BCUT2D eigenvalue weighted by molar-refractivity contribution is -0.384. The zero-order chi connectivity index (χ0) is 21.0. The molecule has 0 aliphatic rings. The molecular formula is C19H20N6O3S. The zero-order valence-electron chi connectivity index (χ0n) is 16.2. The summed E-state index contributed by atoms with van der Waals surface area (Å²) in [5.41, 5.74) is 2.59. The predicted molar refractivity (Wildman–Crippen MR) is 115 cm³/mol. The molecule has 0 saturated heterocycles. The van der Waals surface area contributed by atoms with Gasteiger partial charge in [0.15, 0.2) is 5.00 Å². The molecule has 1 heterocycles. The van der Waals surface area contributed by atoms with Gasteiger partial charge in [0.2, 0.25) is 5.91 Å². The molecule has 0 bridgehead atoms. The van der Waals surface area contributed by atoms with Crippen LogP contribution >= 0.6 is 11.5 Å². The Morgan fingerprint density at radius 2 is 1.97 bits per heavy atom. The van der Waals surface area contributed by atoms with Crippen LogP contribution in [0.4, 0.5) is 27.8 Å². The lowest BCUT2D eigenvalue weighted by Gasteiger charge is -2.22. The van der Waals surface area contributed by atoms with E-state index in [1.807, 2.05) is 12.1 Å². The largest absolute Gasteiger partial charge is 0.372 e. The first-order chi connectivity index (χ1) is 13.9. The number of carbonyl (C=O) groups excluding carboxylic acids is 1. The molecule has 0 fully saturated rings. The topological polar surface area (TPSA) is 113 Å². The molecule has 9 nitrogen and oxygen atoms in total. The molecule has 0 atom stereocenters. The minimum atomic E-state index is -0.459. The van der Waals surface area contributed by atoms with E-state index in [0.29, 0.717) is 27.3 Å². The van der Waals surface area contributed by atoms with E-state index < -0.39 is 4.92 Å². The number of nitro groups is 1. The molecule has 1 amide bonds. The van der Waals surface area contributed by atoms with E-state index in [9.17, 15) is 14.9 Å². The highest BCUT2D eigenvalue weighted by molar-refractivity contribution is 7.11. The summed E-state index contributed by atoms with van der Waals surface area (Å²) in [6, 6.07) is 9.99. The lowest BCUT2D eigenvalue weighted by Crippen LogP contribution is -2.21. The smallest absolute Gasteiger partial charge is 0.270 e. The Bertz CT molecular complexity index is 1090. The van der Waals surface area contributed by atoms with Gasteiger partial charge >= 0.3 is 0 Å².